The molecule has 0 saturated carbocycles. The summed E-state index contributed by atoms with van der Waals surface area (Å²) in [4.78, 5) is 17.4. The van der Waals surface area contributed by atoms with Crippen molar-refractivity contribution in [2.75, 3.05) is 12.3 Å². The van der Waals surface area contributed by atoms with Gasteiger partial charge in [-0.25, -0.2) is 4.79 Å². The molecular weight excluding hydrogens is 240 g/mol. The summed E-state index contributed by atoms with van der Waals surface area (Å²) in [6.45, 7) is 7.98. The van der Waals surface area contributed by atoms with Crippen molar-refractivity contribution in [3.63, 3.8) is 0 Å². The summed E-state index contributed by atoms with van der Waals surface area (Å²) in [5.41, 5.74) is 5.06. The second-order valence-electron chi connectivity index (χ2n) is 4.91. The third kappa shape index (κ3) is 4.37. The molecule has 1 rings (SSSR count). The number of hydrogen-bond donors (Lipinski definition) is 1. The lowest BCUT2D eigenvalue weighted by molar-refractivity contribution is -0.137. The van der Waals surface area contributed by atoms with E-state index in [9.17, 15) is 4.79 Å². The lowest BCUT2D eigenvalue weighted by Gasteiger charge is -2.26. The molecule has 5 nitrogen and oxygen atoms in total. The number of rotatable bonds is 3. The maximum absolute atomic E-state index is 11.9. The number of ether oxygens (including phenoxy) is 1. The fourth-order valence-corrected chi connectivity index (χ4v) is 2.53. The molecule has 2 unspecified atom stereocenters. The Labute approximate surface area is 107 Å². The van der Waals surface area contributed by atoms with E-state index >= 15 is 0 Å². The first kappa shape index (κ1) is 14.6. The van der Waals surface area contributed by atoms with Crippen LogP contribution in [0, 0.1) is 0 Å². The van der Waals surface area contributed by atoms with E-state index in [1.807, 2.05) is 27.7 Å². The second kappa shape index (κ2) is 5.93. The molecule has 0 bridgehead atoms. The average molecular weight is 262 g/mol. The van der Waals surface area contributed by atoms with Gasteiger partial charge in [0.1, 0.15) is 17.1 Å². The first-order valence-corrected chi connectivity index (χ1v) is 6.93. The summed E-state index contributed by atoms with van der Waals surface area (Å²) >= 11 is 1.66. The zero-order valence-corrected chi connectivity index (χ0v) is 11.8. The second-order valence-corrected chi connectivity index (χ2v) is 6.37. The SMILES string of the molecule is CCSC1CC(CN)ON1C(=O)OC(C)(C)C. The zero-order chi connectivity index (χ0) is 13.1. The summed E-state index contributed by atoms with van der Waals surface area (Å²) in [5, 5.41) is 1.33. The number of hydrogen-bond acceptors (Lipinski definition) is 5. The number of nitrogens with zero attached hydrogens (tertiary/aromatic N) is 1. The van der Waals surface area contributed by atoms with Gasteiger partial charge in [0.25, 0.3) is 0 Å². The first-order chi connectivity index (χ1) is 7.87. The van der Waals surface area contributed by atoms with Crippen LogP contribution < -0.4 is 5.73 Å². The Kier molecular flexibility index (Phi) is 5.09. The van der Waals surface area contributed by atoms with Crippen LogP contribution >= 0.6 is 11.8 Å². The number of nitrogens with two attached hydrogens (primary N) is 1. The van der Waals surface area contributed by atoms with Crippen molar-refractivity contribution in [1.29, 1.82) is 0 Å². The molecule has 0 aromatic carbocycles. The lowest BCUT2D eigenvalue weighted by Crippen LogP contribution is -2.38. The molecule has 2 N–H and O–H groups in total. The van der Waals surface area contributed by atoms with Crippen molar-refractivity contribution in [2.24, 2.45) is 5.73 Å². The van der Waals surface area contributed by atoms with Gasteiger partial charge in [-0.1, -0.05) is 6.92 Å². The zero-order valence-electron chi connectivity index (χ0n) is 10.9. The molecule has 1 heterocycles. The molecule has 0 aliphatic carbocycles. The number of amides is 1. The minimum Gasteiger partial charge on any atom is -0.442 e. The Morgan fingerprint density at radius 2 is 2.24 bits per heavy atom. The topological polar surface area (TPSA) is 64.8 Å². The predicted molar refractivity (Wildman–Crippen MR) is 68.5 cm³/mol. The van der Waals surface area contributed by atoms with Crippen molar-refractivity contribution in [3.8, 4) is 0 Å². The lowest BCUT2D eigenvalue weighted by atomic mass is 10.2. The van der Waals surface area contributed by atoms with E-state index in [0.717, 1.165) is 12.2 Å². The van der Waals surface area contributed by atoms with Crippen LogP contribution in [0.3, 0.4) is 0 Å². The van der Waals surface area contributed by atoms with E-state index in [1.54, 1.807) is 11.8 Å². The summed E-state index contributed by atoms with van der Waals surface area (Å²) in [6.07, 6.45) is 0.236. The number of thioether (sulfide) groups is 1. The Balaban J connectivity index is 2.63. The van der Waals surface area contributed by atoms with Gasteiger partial charge < -0.3 is 10.5 Å². The van der Waals surface area contributed by atoms with Crippen LogP contribution in [0.2, 0.25) is 0 Å². The van der Waals surface area contributed by atoms with Gasteiger partial charge in [-0.15, -0.1) is 11.8 Å². The first-order valence-electron chi connectivity index (χ1n) is 5.88. The van der Waals surface area contributed by atoms with Crippen molar-refractivity contribution in [1.82, 2.24) is 5.06 Å². The van der Waals surface area contributed by atoms with E-state index in [0.29, 0.717) is 6.54 Å². The largest absolute Gasteiger partial charge is 0.442 e. The van der Waals surface area contributed by atoms with Gasteiger partial charge in [-0.2, -0.15) is 5.06 Å². The summed E-state index contributed by atoms with van der Waals surface area (Å²) in [6, 6.07) is 0. The number of carbonyl (C=O) groups is 1. The van der Waals surface area contributed by atoms with E-state index in [-0.39, 0.29) is 11.5 Å². The van der Waals surface area contributed by atoms with Crippen LogP contribution in [0.25, 0.3) is 0 Å². The fourth-order valence-electron chi connectivity index (χ4n) is 1.53. The van der Waals surface area contributed by atoms with Crippen molar-refractivity contribution >= 4 is 17.9 Å². The normalized spacial score (nSPS) is 25.1. The monoisotopic (exact) mass is 262 g/mol. The maximum Gasteiger partial charge on any atom is 0.435 e. The summed E-state index contributed by atoms with van der Waals surface area (Å²) in [7, 11) is 0. The van der Waals surface area contributed by atoms with Crippen LogP contribution in [0.4, 0.5) is 4.79 Å². The highest BCUT2D eigenvalue weighted by Crippen LogP contribution is 2.30. The summed E-state index contributed by atoms with van der Waals surface area (Å²) < 4.78 is 5.30. The summed E-state index contributed by atoms with van der Waals surface area (Å²) in [5.74, 6) is 0.921. The molecule has 0 aromatic heterocycles. The van der Waals surface area contributed by atoms with Crippen molar-refractivity contribution < 1.29 is 14.4 Å². The molecular formula is C11H22N2O3S. The number of carbonyl (C=O) groups excluding carboxylic acids is 1. The van der Waals surface area contributed by atoms with E-state index in [1.165, 1.54) is 5.06 Å². The van der Waals surface area contributed by atoms with E-state index in [4.69, 9.17) is 15.3 Å². The molecule has 17 heavy (non-hydrogen) atoms. The molecule has 0 spiro atoms. The highest BCUT2D eigenvalue weighted by Gasteiger charge is 2.38. The minimum atomic E-state index is -0.511. The predicted octanol–water partition coefficient (Wildman–Crippen LogP) is 1.97. The molecule has 100 valence electrons. The standard InChI is InChI=1S/C11H22N2O3S/c1-5-17-9-6-8(7-12)16-13(9)10(14)15-11(2,3)4/h8-9H,5-7,12H2,1-4H3. The van der Waals surface area contributed by atoms with Crippen LogP contribution in [-0.2, 0) is 9.57 Å². The number of hydroxylamine groups is 2. The molecule has 2 atom stereocenters. The Morgan fingerprint density at radius 1 is 1.59 bits per heavy atom. The van der Waals surface area contributed by atoms with Gasteiger partial charge in [0.2, 0.25) is 0 Å². The van der Waals surface area contributed by atoms with Gasteiger partial charge in [0.05, 0.1) is 0 Å². The molecule has 1 aliphatic rings. The van der Waals surface area contributed by atoms with Crippen LogP contribution in [0.1, 0.15) is 34.1 Å². The van der Waals surface area contributed by atoms with Gasteiger partial charge in [0.15, 0.2) is 0 Å². The van der Waals surface area contributed by atoms with Crippen molar-refractivity contribution in [2.45, 2.75) is 51.2 Å². The third-order valence-corrected chi connectivity index (χ3v) is 3.29. The van der Waals surface area contributed by atoms with Crippen LogP contribution in [0.15, 0.2) is 0 Å². The molecule has 0 radical (unpaired) electrons. The Morgan fingerprint density at radius 3 is 2.71 bits per heavy atom. The molecule has 0 aromatic rings. The van der Waals surface area contributed by atoms with E-state index < -0.39 is 11.7 Å². The quantitative estimate of drug-likeness (QED) is 0.842. The average Bonchev–Trinajstić information content (AvgIpc) is 2.59. The molecule has 1 saturated heterocycles. The molecule has 1 aliphatic heterocycles. The maximum atomic E-state index is 11.9. The molecule has 6 heteroatoms. The van der Waals surface area contributed by atoms with Crippen molar-refractivity contribution in [3.05, 3.63) is 0 Å². The smallest absolute Gasteiger partial charge is 0.435 e. The highest BCUT2D eigenvalue weighted by molar-refractivity contribution is 7.99. The Hall–Kier alpha value is -0.460. The third-order valence-electron chi connectivity index (χ3n) is 2.18. The van der Waals surface area contributed by atoms with Crippen LogP contribution in [-0.4, -0.2) is 40.5 Å². The minimum absolute atomic E-state index is 0.00315. The van der Waals surface area contributed by atoms with Gasteiger partial charge in [-0.05, 0) is 26.5 Å². The van der Waals surface area contributed by atoms with E-state index in [2.05, 4.69) is 0 Å². The molecule has 1 fully saturated rings. The molecule has 1 amide bonds. The highest BCUT2D eigenvalue weighted by atomic mass is 32.2. The van der Waals surface area contributed by atoms with Gasteiger partial charge in [0, 0.05) is 13.0 Å². The van der Waals surface area contributed by atoms with Gasteiger partial charge >= 0.3 is 6.09 Å². The fraction of sp³-hybridized carbons (Fsp3) is 0.909. The Bertz CT molecular complexity index is 268. The van der Waals surface area contributed by atoms with Gasteiger partial charge in [-0.3, -0.25) is 4.84 Å². The van der Waals surface area contributed by atoms with Crippen LogP contribution in [0.5, 0.6) is 0 Å².